The van der Waals surface area contributed by atoms with Gasteiger partial charge in [0.15, 0.2) is 11.5 Å². The third-order valence-electron chi connectivity index (χ3n) is 3.94. The molecule has 1 saturated heterocycles. The van der Waals surface area contributed by atoms with Crippen molar-refractivity contribution in [3.05, 3.63) is 17.7 Å². The summed E-state index contributed by atoms with van der Waals surface area (Å²) in [6.45, 7) is 5.68. The molecule has 1 aliphatic rings. The number of benzene rings is 1. The minimum Gasteiger partial charge on any atom is -0.502 e. The van der Waals surface area contributed by atoms with Gasteiger partial charge in [0.25, 0.3) is 0 Å². The summed E-state index contributed by atoms with van der Waals surface area (Å²) in [5.74, 6) is 1.03. The van der Waals surface area contributed by atoms with Gasteiger partial charge in [-0.25, -0.2) is 0 Å². The first-order valence-corrected chi connectivity index (χ1v) is 7.61. The minimum atomic E-state index is 0.0737. The number of nitrogens with zero attached hydrogens (tertiary/aromatic N) is 1. The predicted octanol–water partition coefficient (Wildman–Crippen LogP) is 1.64. The third kappa shape index (κ3) is 4.51. The number of piperazine rings is 1. The Bertz CT molecular complexity index is 420. The van der Waals surface area contributed by atoms with E-state index in [2.05, 4.69) is 10.2 Å². The van der Waals surface area contributed by atoms with E-state index in [1.807, 2.05) is 12.1 Å². The molecular formula is C16H26N2O3. The number of nitrogens with one attached hydrogen (secondary N) is 1. The van der Waals surface area contributed by atoms with Gasteiger partial charge < -0.3 is 24.8 Å². The zero-order chi connectivity index (χ0) is 15.1. The Morgan fingerprint density at radius 2 is 1.71 bits per heavy atom. The second-order valence-corrected chi connectivity index (χ2v) is 5.40. The van der Waals surface area contributed by atoms with E-state index < -0.39 is 0 Å². The Morgan fingerprint density at radius 1 is 1.10 bits per heavy atom. The molecule has 0 amide bonds. The normalized spacial score (nSPS) is 15.9. The van der Waals surface area contributed by atoms with Crippen LogP contribution in [0.2, 0.25) is 0 Å². The number of ether oxygens (including phenoxy) is 2. The molecule has 0 atom stereocenters. The highest BCUT2D eigenvalue weighted by Crippen LogP contribution is 2.37. The summed E-state index contributed by atoms with van der Waals surface area (Å²) in [4.78, 5) is 2.51. The van der Waals surface area contributed by atoms with Crippen molar-refractivity contribution in [2.75, 3.05) is 46.9 Å². The van der Waals surface area contributed by atoms with Crippen LogP contribution in [-0.4, -0.2) is 56.9 Å². The topological polar surface area (TPSA) is 54.0 Å². The summed E-state index contributed by atoms with van der Waals surface area (Å²) in [7, 11) is 3.12. The van der Waals surface area contributed by atoms with Gasteiger partial charge in [0, 0.05) is 26.2 Å². The molecule has 0 saturated carbocycles. The summed E-state index contributed by atoms with van der Waals surface area (Å²) >= 11 is 0. The Balaban J connectivity index is 1.82. The van der Waals surface area contributed by atoms with E-state index in [9.17, 15) is 5.11 Å². The summed E-state index contributed by atoms with van der Waals surface area (Å²) in [6.07, 6.45) is 3.28. The van der Waals surface area contributed by atoms with Crippen molar-refractivity contribution < 1.29 is 14.6 Å². The van der Waals surface area contributed by atoms with Crippen LogP contribution in [0.25, 0.3) is 0 Å². The average molecular weight is 294 g/mol. The molecule has 2 rings (SSSR count). The number of hydrogen-bond acceptors (Lipinski definition) is 5. The highest BCUT2D eigenvalue weighted by Gasteiger charge is 2.12. The van der Waals surface area contributed by atoms with Gasteiger partial charge in [-0.3, -0.25) is 0 Å². The number of rotatable bonds is 7. The SMILES string of the molecule is COc1cc(CCCCN2CCNCC2)cc(OC)c1O. The number of aromatic hydroxyl groups is 1. The molecule has 0 aromatic heterocycles. The molecule has 2 N–H and O–H groups in total. The van der Waals surface area contributed by atoms with Gasteiger partial charge in [0.2, 0.25) is 5.75 Å². The lowest BCUT2D eigenvalue weighted by atomic mass is 10.1. The number of phenolic OH excluding ortho intramolecular Hbond substituents is 1. The molecule has 0 radical (unpaired) electrons. The maximum Gasteiger partial charge on any atom is 0.200 e. The lowest BCUT2D eigenvalue weighted by Gasteiger charge is -2.27. The van der Waals surface area contributed by atoms with Crippen molar-refractivity contribution in [1.29, 1.82) is 0 Å². The van der Waals surface area contributed by atoms with Gasteiger partial charge >= 0.3 is 0 Å². The summed E-state index contributed by atoms with van der Waals surface area (Å²) < 4.78 is 10.4. The molecule has 0 aliphatic carbocycles. The van der Waals surface area contributed by atoms with Crippen molar-refractivity contribution in [3.63, 3.8) is 0 Å². The largest absolute Gasteiger partial charge is 0.502 e. The molecule has 1 aliphatic heterocycles. The molecule has 0 bridgehead atoms. The first-order chi connectivity index (χ1) is 10.2. The zero-order valence-electron chi connectivity index (χ0n) is 13.0. The number of methoxy groups -OCH3 is 2. The predicted molar refractivity (Wildman–Crippen MR) is 83.5 cm³/mol. The zero-order valence-corrected chi connectivity index (χ0v) is 13.0. The standard InChI is InChI=1S/C16H26N2O3/c1-20-14-11-13(12-15(21-2)16(14)19)5-3-4-8-18-9-6-17-7-10-18/h11-12,17,19H,3-10H2,1-2H3. The van der Waals surface area contributed by atoms with Crippen LogP contribution in [0.4, 0.5) is 0 Å². The molecule has 1 aromatic carbocycles. The Kier molecular flexibility index (Phi) is 6.14. The lowest BCUT2D eigenvalue weighted by molar-refractivity contribution is 0.237. The third-order valence-corrected chi connectivity index (χ3v) is 3.94. The fraction of sp³-hybridized carbons (Fsp3) is 0.625. The molecule has 1 aromatic rings. The van der Waals surface area contributed by atoms with Crippen LogP contribution in [-0.2, 0) is 6.42 Å². The highest BCUT2D eigenvalue weighted by atomic mass is 16.5. The van der Waals surface area contributed by atoms with Crippen LogP contribution in [0.3, 0.4) is 0 Å². The second-order valence-electron chi connectivity index (χ2n) is 5.40. The van der Waals surface area contributed by atoms with Gasteiger partial charge in [-0.05, 0) is 43.5 Å². The highest BCUT2D eigenvalue weighted by molar-refractivity contribution is 5.52. The van der Waals surface area contributed by atoms with E-state index in [-0.39, 0.29) is 5.75 Å². The molecule has 0 unspecified atom stereocenters. The first kappa shape index (κ1) is 15.9. The molecule has 1 heterocycles. The van der Waals surface area contributed by atoms with Gasteiger partial charge in [-0.2, -0.15) is 0 Å². The summed E-state index contributed by atoms with van der Waals surface area (Å²) in [5.41, 5.74) is 1.14. The van der Waals surface area contributed by atoms with Crippen molar-refractivity contribution in [1.82, 2.24) is 10.2 Å². The molecule has 5 nitrogen and oxygen atoms in total. The maximum absolute atomic E-state index is 9.89. The van der Waals surface area contributed by atoms with Crippen molar-refractivity contribution >= 4 is 0 Å². The quantitative estimate of drug-likeness (QED) is 0.749. The smallest absolute Gasteiger partial charge is 0.200 e. The van der Waals surface area contributed by atoms with Crippen LogP contribution in [0.1, 0.15) is 18.4 Å². The first-order valence-electron chi connectivity index (χ1n) is 7.61. The average Bonchev–Trinajstić information content (AvgIpc) is 2.53. The fourth-order valence-electron chi connectivity index (χ4n) is 2.69. The van der Waals surface area contributed by atoms with Crippen molar-refractivity contribution in [2.24, 2.45) is 0 Å². The molecule has 0 spiro atoms. The summed E-state index contributed by atoms with van der Waals surface area (Å²) in [5, 5.41) is 13.3. The van der Waals surface area contributed by atoms with Crippen LogP contribution in [0.5, 0.6) is 17.2 Å². The van der Waals surface area contributed by atoms with Gasteiger partial charge in [-0.15, -0.1) is 0 Å². The Morgan fingerprint density at radius 3 is 2.29 bits per heavy atom. The van der Waals surface area contributed by atoms with Crippen LogP contribution >= 0.6 is 0 Å². The fourth-order valence-corrected chi connectivity index (χ4v) is 2.69. The van der Waals surface area contributed by atoms with E-state index in [0.717, 1.165) is 51.1 Å². The lowest BCUT2D eigenvalue weighted by Crippen LogP contribution is -2.43. The van der Waals surface area contributed by atoms with Crippen molar-refractivity contribution in [2.45, 2.75) is 19.3 Å². The van der Waals surface area contributed by atoms with Crippen LogP contribution in [0, 0.1) is 0 Å². The molecule has 1 fully saturated rings. The van der Waals surface area contributed by atoms with E-state index >= 15 is 0 Å². The van der Waals surface area contributed by atoms with Crippen LogP contribution < -0.4 is 14.8 Å². The molecule has 5 heteroatoms. The van der Waals surface area contributed by atoms with Gasteiger partial charge in [0.1, 0.15) is 0 Å². The second kappa shape index (κ2) is 8.10. The number of unbranched alkanes of at least 4 members (excludes halogenated alkanes) is 1. The van der Waals surface area contributed by atoms with E-state index in [4.69, 9.17) is 9.47 Å². The summed E-state index contributed by atoms with van der Waals surface area (Å²) in [6, 6.07) is 3.78. The van der Waals surface area contributed by atoms with Crippen molar-refractivity contribution in [3.8, 4) is 17.2 Å². The number of hydrogen-bond donors (Lipinski definition) is 2. The Labute approximate surface area is 126 Å². The van der Waals surface area contributed by atoms with Gasteiger partial charge in [-0.1, -0.05) is 0 Å². The van der Waals surface area contributed by atoms with Crippen LogP contribution in [0.15, 0.2) is 12.1 Å². The molecule has 21 heavy (non-hydrogen) atoms. The molecule has 118 valence electrons. The number of phenols is 1. The van der Waals surface area contributed by atoms with Gasteiger partial charge in [0.05, 0.1) is 14.2 Å². The molecular weight excluding hydrogens is 268 g/mol. The Hall–Kier alpha value is -1.46. The van der Waals surface area contributed by atoms with E-state index in [0.29, 0.717) is 11.5 Å². The minimum absolute atomic E-state index is 0.0737. The monoisotopic (exact) mass is 294 g/mol. The number of aryl methyl sites for hydroxylation is 1. The van der Waals surface area contributed by atoms with E-state index in [1.165, 1.54) is 6.42 Å². The van der Waals surface area contributed by atoms with E-state index in [1.54, 1.807) is 14.2 Å². The maximum atomic E-state index is 9.89.